The third-order valence-corrected chi connectivity index (χ3v) is 17.7. The maximum Gasteiger partial charge on any atom is 0.159 e. The summed E-state index contributed by atoms with van der Waals surface area (Å²) in [5, 5.41) is 14.1. The molecule has 1 aliphatic carbocycles. The topological polar surface area (TPSA) is 32.8 Å². The van der Waals surface area contributed by atoms with E-state index < -0.39 is 0 Å². The Morgan fingerprint density at radius 1 is 0.265 bits per heavy atom. The van der Waals surface area contributed by atoms with Crippen molar-refractivity contribution in [2.24, 2.45) is 0 Å². The van der Waals surface area contributed by atoms with E-state index in [1.54, 1.807) is 0 Å². The van der Waals surface area contributed by atoms with Crippen LogP contribution in [0.4, 0.5) is 34.1 Å². The second kappa shape index (κ2) is 18.2. The van der Waals surface area contributed by atoms with Crippen LogP contribution in [0, 0.1) is 0 Å². The summed E-state index contributed by atoms with van der Waals surface area (Å²) >= 11 is 0. The van der Waals surface area contributed by atoms with Gasteiger partial charge in [0.05, 0.1) is 11.4 Å². The minimum absolute atomic E-state index is 0.316. The molecule has 2 aromatic heterocycles. The maximum atomic E-state index is 7.22. The van der Waals surface area contributed by atoms with Gasteiger partial charge < -0.3 is 18.6 Å². The molecule has 0 saturated carbocycles. The lowest BCUT2D eigenvalue weighted by Gasteiger charge is -2.28. The van der Waals surface area contributed by atoms with E-state index in [2.05, 4.69) is 303 Å². The number of anilines is 6. The molecule has 0 amide bonds. The van der Waals surface area contributed by atoms with E-state index in [4.69, 9.17) is 8.83 Å². The van der Waals surface area contributed by atoms with Gasteiger partial charge in [-0.25, -0.2) is 0 Å². The molecule has 0 N–H and O–H groups in total. The van der Waals surface area contributed by atoms with Crippen molar-refractivity contribution in [3.05, 3.63) is 290 Å². The summed E-state index contributed by atoms with van der Waals surface area (Å²) in [5.41, 5.74) is 19.1. The van der Waals surface area contributed by atoms with Crippen LogP contribution < -0.4 is 9.80 Å². The van der Waals surface area contributed by atoms with E-state index in [9.17, 15) is 0 Å². The van der Waals surface area contributed by atoms with Crippen molar-refractivity contribution >= 4 is 121 Å². The molecule has 14 aromatic carbocycles. The molecular weight excluding hydrogens is 1010 g/mol. The molecule has 0 atom stereocenters. The second-order valence-corrected chi connectivity index (χ2v) is 22.7. The molecule has 0 fully saturated rings. The van der Waals surface area contributed by atoms with Gasteiger partial charge >= 0.3 is 0 Å². The van der Waals surface area contributed by atoms with Crippen molar-refractivity contribution in [3.8, 4) is 33.4 Å². The smallest absolute Gasteiger partial charge is 0.159 e. The molecule has 16 aromatic rings. The van der Waals surface area contributed by atoms with E-state index in [-0.39, 0.29) is 5.41 Å². The number of para-hydroxylation sites is 4. The van der Waals surface area contributed by atoms with Crippen molar-refractivity contribution in [2.45, 2.75) is 19.3 Å². The van der Waals surface area contributed by atoms with Gasteiger partial charge in [0, 0.05) is 60.8 Å². The molecule has 17 rings (SSSR count). The van der Waals surface area contributed by atoms with Crippen molar-refractivity contribution in [1.82, 2.24) is 0 Å². The van der Waals surface area contributed by atoms with Crippen LogP contribution in [-0.2, 0) is 5.41 Å². The summed E-state index contributed by atoms with van der Waals surface area (Å²) in [6.45, 7) is 4.83. The zero-order valence-corrected chi connectivity index (χ0v) is 45.8. The maximum absolute atomic E-state index is 7.22. The zero-order valence-electron chi connectivity index (χ0n) is 45.8. The van der Waals surface area contributed by atoms with Crippen LogP contribution >= 0.6 is 0 Å². The monoisotopic (exact) mass is 1060 g/mol. The molecule has 0 spiro atoms. The molecule has 0 aliphatic heterocycles. The minimum Gasteiger partial charge on any atom is -0.453 e. The Morgan fingerprint density at radius 3 is 1.07 bits per heavy atom. The predicted molar refractivity (Wildman–Crippen MR) is 349 cm³/mol. The highest BCUT2D eigenvalue weighted by molar-refractivity contribution is 6.26. The van der Waals surface area contributed by atoms with Gasteiger partial charge in [0.15, 0.2) is 11.2 Å². The number of benzene rings is 14. The van der Waals surface area contributed by atoms with Gasteiger partial charge in [-0.15, -0.1) is 0 Å². The fourth-order valence-corrected chi connectivity index (χ4v) is 14.1. The normalized spacial score (nSPS) is 12.8. The first-order valence-corrected chi connectivity index (χ1v) is 28.6. The fourth-order valence-electron chi connectivity index (χ4n) is 14.1. The number of hydrogen-bond acceptors (Lipinski definition) is 4. The lowest BCUT2D eigenvalue weighted by atomic mass is 9.78. The van der Waals surface area contributed by atoms with Gasteiger partial charge in [-0.1, -0.05) is 220 Å². The van der Waals surface area contributed by atoms with Crippen LogP contribution in [0.5, 0.6) is 0 Å². The highest BCUT2D eigenvalue weighted by Crippen LogP contribution is 2.56. The van der Waals surface area contributed by atoms with Crippen LogP contribution in [0.1, 0.15) is 25.0 Å². The molecule has 2 heterocycles. The minimum atomic E-state index is -0.316. The largest absolute Gasteiger partial charge is 0.453 e. The number of nitrogens with zero attached hydrogens (tertiary/aromatic N) is 2. The Morgan fingerprint density at radius 2 is 0.639 bits per heavy atom. The first-order valence-electron chi connectivity index (χ1n) is 28.6. The molecule has 390 valence electrons. The van der Waals surface area contributed by atoms with E-state index in [1.807, 2.05) is 0 Å². The number of fused-ring (bicyclic) bond motifs is 17. The Bertz CT molecular complexity index is 4960. The van der Waals surface area contributed by atoms with Gasteiger partial charge in [-0.2, -0.15) is 0 Å². The zero-order chi connectivity index (χ0) is 54.9. The highest BCUT2D eigenvalue weighted by atomic mass is 16.3. The number of furan rings is 2. The number of rotatable bonds is 8. The Kier molecular flexibility index (Phi) is 10.3. The van der Waals surface area contributed by atoms with E-state index in [0.717, 1.165) is 100 Å². The summed E-state index contributed by atoms with van der Waals surface area (Å²) in [6.07, 6.45) is 0. The molecule has 0 saturated heterocycles. The van der Waals surface area contributed by atoms with Crippen molar-refractivity contribution in [1.29, 1.82) is 0 Å². The van der Waals surface area contributed by atoms with Gasteiger partial charge in [0.25, 0.3) is 0 Å². The van der Waals surface area contributed by atoms with E-state index in [1.165, 1.54) is 65.3 Å². The third kappa shape index (κ3) is 7.12. The summed E-state index contributed by atoms with van der Waals surface area (Å²) in [7, 11) is 0. The highest BCUT2D eigenvalue weighted by Gasteiger charge is 2.39. The van der Waals surface area contributed by atoms with Gasteiger partial charge in [0.2, 0.25) is 0 Å². The molecule has 4 nitrogen and oxygen atoms in total. The lowest BCUT2D eigenvalue weighted by molar-refractivity contribution is 0.670. The average Bonchev–Trinajstić information content (AvgIpc) is 2.51. The van der Waals surface area contributed by atoms with Gasteiger partial charge in [-0.3, -0.25) is 0 Å². The molecular formula is C79H52N2O2. The van der Waals surface area contributed by atoms with E-state index in [0.29, 0.717) is 0 Å². The van der Waals surface area contributed by atoms with Crippen molar-refractivity contribution in [3.63, 3.8) is 0 Å². The second-order valence-electron chi connectivity index (χ2n) is 22.7. The summed E-state index contributed by atoms with van der Waals surface area (Å²) < 4.78 is 14.4. The molecule has 83 heavy (non-hydrogen) atoms. The Labute approximate surface area is 479 Å². The van der Waals surface area contributed by atoms with Gasteiger partial charge in [0.1, 0.15) is 11.2 Å². The fraction of sp³-hybridized carbons (Fsp3) is 0.0380. The molecule has 0 unspecified atom stereocenters. The number of hydrogen-bond donors (Lipinski definition) is 0. The third-order valence-electron chi connectivity index (χ3n) is 17.7. The Hall–Kier alpha value is -10.7. The molecule has 0 bridgehead atoms. The van der Waals surface area contributed by atoms with Crippen LogP contribution in [0.3, 0.4) is 0 Å². The SMILES string of the molecule is CC1(C)c2c(ccc3cc(N(c4ccccc4)c4cccc5c4oc4c(-c6ccccc6)cc6ccccc6c45)ccc23)-c2ccc3cc(N(c4ccccc4)c4cccc5c4oc4c(-c6ccccc6)cc6ccccc6c45)ccc3c21. The van der Waals surface area contributed by atoms with Crippen LogP contribution in [0.15, 0.2) is 288 Å². The molecule has 4 heteroatoms. The van der Waals surface area contributed by atoms with Crippen molar-refractivity contribution < 1.29 is 8.83 Å². The average molecular weight is 1060 g/mol. The quantitative estimate of drug-likeness (QED) is 0.152. The molecule has 0 radical (unpaired) electrons. The van der Waals surface area contributed by atoms with Crippen LogP contribution in [0.2, 0.25) is 0 Å². The Balaban J connectivity index is 0.791. The van der Waals surface area contributed by atoms with Gasteiger partial charge in [-0.05, 0) is 149 Å². The summed E-state index contributed by atoms with van der Waals surface area (Å²) in [5.74, 6) is 0. The molecule has 1 aliphatic rings. The first kappa shape index (κ1) is 47.2. The van der Waals surface area contributed by atoms with Crippen LogP contribution in [-0.4, -0.2) is 0 Å². The van der Waals surface area contributed by atoms with Crippen molar-refractivity contribution in [2.75, 3.05) is 9.80 Å². The van der Waals surface area contributed by atoms with E-state index >= 15 is 0 Å². The first-order chi connectivity index (χ1) is 40.9. The predicted octanol–water partition coefficient (Wildman–Crippen LogP) is 22.7. The summed E-state index contributed by atoms with van der Waals surface area (Å²) in [6, 6.07) is 101. The lowest BCUT2D eigenvalue weighted by Crippen LogP contribution is -2.16. The standard InChI is InChI=1S/C79H52N2O2/c1-79(2)73-61-43-39-57(80(55-27-11-5-12-28-55)69-35-19-33-65-71-59-31-17-15-25-51(59)47-67(77(71)82-75(65)69)49-21-7-3-8-22-49)45-53(61)37-41-63(73)64-42-38-54-46-58(40-44-62(54)74(64)79)81(56-29-13-6-14-30-56)70-36-20-34-66-72-60-32-18-16-26-52(60)48-68(78(72)83-76(66)70)50-23-9-4-10-24-50/h3-48H,1-2H3. The van der Waals surface area contributed by atoms with Crippen LogP contribution in [0.25, 0.3) is 120 Å². The summed E-state index contributed by atoms with van der Waals surface area (Å²) in [4.78, 5) is 4.73.